The molecular formula is C35H34ClN3O4. The lowest BCUT2D eigenvalue weighted by atomic mass is 10.0. The van der Waals surface area contributed by atoms with Crippen molar-refractivity contribution in [2.24, 2.45) is 0 Å². The standard InChI is InChI=1S/C35H34ClN3O4/c1-25(40)39-16-6-15-37(22-26-7-3-2-4-8-26)17-18-38(23-30-20-31(36)12-13-32(30)39)35(41)29-10-5-9-27(19-29)28-11-14-33-34(21-28)43-24-42-33/h2-5,7-14,19-21H,6,15-18,22-24H2,1H3. The van der Waals surface area contributed by atoms with Gasteiger partial charge in [0.2, 0.25) is 12.7 Å². The molecule has 2 amide bonds. The van der Waals surface area contributed by atoms with E-state index in [-0.39, 0.29) is 18.6 Å². The maximum absolute atomic E-state index is 14.2. The van der Waals surface area contributed by atoms with Crippen LogP contribution < -0.4 is 14.4 Å². The lowest BCUT2D eigenvalue weighted by Crippen LogP contribution is -2.38. The maximum Gasteiger partial charge on any atom is 0.254 e. The topological polar surface area (TPSA) is 62.3 Å². The van der Waals surface area contributed by atoms with Crippen LogP contribution in [-0.4, -0.2) is 54.6 Å². The Balaban J connectivity index is 1.33. The van der Waals surface area contributed by atoms with Gasteiger partial charge in [-0.3, -0.25) is 14.5 Å². The summed E-state index contributed by atoms with van der Waals surface area (Å²) in [5.74, 6) is 1.30. The van der Waals surface area contributed by atoms with Gasteiger partial charge in [-0.25, -0.2) is 0 Å². The third-order valence-corrected chi connectivity index (χ3v) is 8.20. The fourth-order valence-electron chi connectivity index (χ4n) is 5.77. The summed E-state index contributed by atoms with van der Waals surface area (Å²) >= 11 is 6.46. The molecule has 0 aliphatic carbocycles. The monoisotopic (exact) mass is 595 g/mol. The van der Waals surface area contributed by atoms with Crippen molar-refractivity contribution in [1.29, 1.82) is 0 Å². The van der Waals surface area contributed by atoms with Gasteiger partial charge in [0.15, 0.2) is 11.5 Å². The number of rotatable bonds is 4. The molecular weight excluding hydrogens is 562 g/mol. The quantitative estimate of drug-likeness (QED) is 0.265. The summed E-state index contributed by atoms with van der Waals surface area (Å²) in [5, 5.41) is 0.569. The minimum Gasteiger partial charge on any atom is -0.454 e. The molecule has 4 aromatic carbocycles. The first-order chi connectivity index (χ1) is 20.9. The number of nitrogens with zero attached hydrogens (tertiary/aromatic N) is 3. The first-order valence-electron chi connectivity index (χ1n) is 14.6. The van der Waals surface area contributed by atoms with Crippen molar-refractivity contribution in [3.05, 3.63) is 113 Å². The summed E-state index contributed by atoms with van der Waals surface area (Å²) in [5.41, 5.74) is 5.30. The van der Waals surface area contributed by atoms with Crippen molar-refractivity contribution in [2.45, 2.75) is 26.4 Å². The largest absolute Gasteiger partial charge is 0.454 e. The molecule has 0 fully saturated rings. The lowest BCUT2D eigenvalue weighted by molar-refractivity contribution is -0.116. The number of hydrogen-bond acceptors (Lipinski definition) is 5. The summed E-state index contributed by atoms with van der Waals surface area (Å²) in [6.45, 7) is 5.48. The van der Waals surface area contributed by atoms with Gasteiger partial charge in [0.1, 0.15) is 0 Å². The zero-order chi connectivity index (χ0) is 29.8. The number of anilines is 1. The Kier molecular flexibility index (Phi) is 8.63. The number of fused-ring (bicyclic) bond motifs is 2. The molecule has 7 nitrogen and oxygen atoms in total. The van der Waals surface area contributed by atoms with Gasteiger partial charge in [-0.1, -0.05) is 60.1 Å². The normalized spacial score (nSPS) is 15.5. The van der Waals surface area contributed by atoms with Gasteiger partial charge in [-0.15, -0.1) is 0 Å². The molecule has 0 N–H and O–H groups in total. The molecule has 8 heteroatoms. The Morgan fingerprint density at radius 1 is 0.791 bits per heavy atom. The first-order valence-corrected chi connectivity index (χ1v) is 14.9. The number of carbonyl (C=O) groups is 2. The molecule has 0 saturated heterocycles. The summed E-state index contributed by atoms with van der Waals surface area (Å²) in [6.07, 6.45) is 0.806. The number of amides is 2. The van der Waals surface area contributed by atoms with Gasteiger partial charge in [0, 0.05) is 62.5 Å². The second kappa shape index (κ2) is 12.9. The van der Waals surface area contributed by atoms with Crippen molar-refractivity contribution in [2.75, 3.05) is 37.9 Å². The molecule has 2 aliphatic heterocycles. The van der Waals surface area contributed by atoms with Crippen LogP contribution in [0.25, 0.3) is 11.1 Å². The van der Waals surface area contributed by atoms with Crippen LogP contribution in [0.3, 0.4) is 0 Å². The molecule has 0 spiro atoms. The Morgan fingerprint density at radius 2 is 1.60 bits per heavy atom. The van der Waals surface area contributed by atoms with Crippen LogP contribution in [0, 0.1) is 0 Å². The fourth-order valence-corrected chi connectivity index (χ4v) is 5.96. The first kappa shape index (κ1) is 28.8. The Labute approximate surface area is 257 Å². The average Bonchev–Trinajstić information content (AvgIpc) is 3.48. The molecule has 0 aromatic heterocycles. The molecule has 0 unspecified atom stereocenters. The van der Waals surface area contributed by atoms with Gasteiger partial charge in [-0.05, 0) is 71.1 Å². The van der Waals surface area contributed by atoms with E-state index in [0.717, 1.165) is 47.6 Å². The van der Waals surface area contributed by atoms with Crippen LogP contribution in [0.2, 0.25) is 5.02 Å². The lowest BCUT2D eigenvalue weighted by Gasteiger charge is -2.28. The highest BCUT2D eigenvalue weighted by atomic mass is 35.5. The minimum atomic E-state index is -0.0817. The summed E-state index contributed by atoms with van der Waals surface area (Å²) in [4.78, 5) is 33.1. The Morgan fingerprint density at radius 3 is 2.44 bits per heavy atom. The highest BCUT2D eigenvalue weighted by molar-refractivity contribution is 6.30. The van der Waals surface area contributed by atoms with E-state index in [2.05, 4.69) is 17.0 Å². The maximum atomic E-state index is 14.2. The van der Waals surface area contributed by atoms with Crippen molar-refractivity contribution >= 4 is 29.1 Å². The van der Waals surface area contributed by atoms with E-state index in [9.17, 15) is 9.59 Å². The van der Waals surface area contributed by atoms with E-state index in [1.807, 2.05) is 77.7 Å². The second-order valence-electron chi connectivity index (χ2n) is 10.9. The van der Waals surface area contributed by atoms with Gasteiger partial charge < -0.3 is 19.3 Å². The van der Waals surface area contributed by atoms with Crippen LogP contribution in [0.15, 0.2) is 91.0 Å². The summed E-state index contributed by atoms with van der Waals surface area (Å²) in [6, 6.07) is 29.4. The molecule has 0 radical (unpaired) electrons. The van der Waals surface area contributed by atoms with Crippen LogP contribution in [-0.2, 0) is 17.9 Å². The molecule has 6 rings (SSSR count). The molecule has 0 atom stereocenters. The smallest absolute Gasteiger partial charge is 0.254 e. The van der Waals surface area contributed by atoms with Crippen molar-refractivity contribution < 1.29 is 19.1 Å². The summed E-state index contributed by atoms with van der Waals surface area (Å²) in [7, 11) is 0. The zero-order valence-electron chi connectivity index (χ0n) is 24.2. The zero-order valence-corrected chi connectivity index (χ0v) is 24.9. The number of ether oxygens (including phenoxy) is 2. The SMILES string of the molecule is CC(=O)N1CCCN(Cc2ccccc2)CCN(C(=O)c2cccc(-c3ccc4c(c3)OCO4)c2)Cc2cc(Cl)ccc21. The number of hydrogen-bond donors (Lipinski definition) is 0. The van der Waals surface area contributed by atoms with Crippen LogP contribution in [0.5, 0.6) is 11.5 Å². The predicted octanol–water partition coefficient (Wildman–Crippen LogP) is 6.64. The molecule has 2 aliphatic rings. The molecule has 220 valence electrons. The van der Waals surface area contributed by atoms with Crippen LogP contribution in [0.1, 0.15) is 34.8 Å². The van der Waals surface area contributed by atoms with E-state index < -0.39 is 0 Å². The van der Waals surface area contributed by atoms with Gasteiger partial charge in [0.25, 0.3) is 5.91 Å². The van der Waals surface area contributed by atoms with E-state index in [4.69, 9.17) is 21.1 Å². The van der Waals surface area contributed by atoms with Crippen molar-refractivity contribution in [3.63, 3.8) is 0 Å². The molecule has 2 heterocycles. The van der Waals surface area contributed by atoms with Crippen LogP contribution >= 0.6 is 11.6 Å². The highest BCUT2D eigenvalue weighted by Gasteiger charge is 2.24. The van der Waals surface area contributed by atoms with Gasteiger partial charge in [-0.2, -0.15) is 0 Å². The third kappa shape index (κ3) is 6.69. The fraction of sp³-hybridized carbons (Fsp3) is 0.257. The van der Waals surface area contributed by atoms with Gasteiger partial charge in [0.05, 0.1) is 0 Å². The molecule has 4 aromatic rings. The second-order valence-corrected chi connectivity index (χ2v) is 11.4. The minimum absolute atomic E-state index is 0.0354. The Bertz CT molecular complexity index is 1630. The van der Waals surface area contributed by atoms with Crippen molar-refractivity contribution in [3.8, 4) is 22.6 Å². The molecule has 0 saturated carbocycles. The molecule has 43 heavy (non-hydrogen) atoms. The van der Waals surface area contributed by atoms with Crippen LogP contribution in [0.4, 0.5) is 5.69 Å². The van der Waals surface area contributed by atoms with E-state index in [0.29, 0.717) is 42.5 Å². The van der Waals surface area contributed by atoms with Crippen molar-refractivity contribution in [1.82, 2.24) is 9.80 Å². The predicted molar refractivity (Wildman–Crippen MR) is 169 cm³/mol. The van der Waals surface area contributed by atoms with E-state index in [1.165, 1.54) is 5.56 Å². The third-order valence-electron chi connectivity index (χ3n) is 7.97. The highest BCUT2D eigenvalue weighted by Crippen LogP contribution is 2.36. The number of halogens is 1. The average molecular weight is 596 g/mol. The number of carbonyl (C=O) groups excluding carboxylic acids is 2. The van der Waals surface area contributed by atoms with E-state index in [1.54, 1.807) is 17.9 Å². The Hall–Kier alpha value is -4.33. The summed E-state index contributed by atoms with van der Waals surface area (Å²) < 4.78 is 11.0. The van der Waals surface area contributed by atoms with Gasteiger partial charge >= 0.3 is 0 Å². The van der Waals surface area contributed by atoms with E-state index >= 15 is 0 Å². The number of benzene rings is 4. The molecule has 0 bridgehead atoms.